The molecular weight excluding hydrogens is 433 g/mol. The lowest BCUT2D eigenvalue weighted by Crippen LogP contribution is -2.49. The van der Waals surface area contributed by atoms with Gasteiger partial charge in [-0.2, -0.15) is 4.31 Å². The third kappa shape index (κ3) is 5.33. The molecule has 0 radical (unpaired) electrons. The van der Waals surface area contributed by atoms with E-state index in [1.165, 1.54) is 52.5 Å². The number of rotatable bonds is 6. The average molecular weight is 458 g/mol. The predicted octanol–water partition coefficient (Wildman–Crippen LogP) is 1.95. The van der Waals surface area contributed by atoms with Crippen LogP contribution in [0.3, 0.4) is 0 Å². The standard InChI is InChI=1S/C23H24FN3O4S/c1-3-12-26(17-19-4-8-21(24)9-5-19)23(29)20-6-10-22(11-7-20)32(30,31)27-15-13-25(14-16-27)18(2)28/h1,4-11H,12-17H2,2H3. The largest absolute Gasteiger partial charge is 0.340 e. The van der Waals surface area contributed by atoms with Gasteiger partial charge in [-0.1, -0.05) is 18.1 Å². The second-order valence-corrected chi connectivity index (χ2v) is 9.36. The first-order valence-electron chi connectivity index (χ1n) is 10.1. The summed E-state index contributed by atoms with van der Waals surface area (Å²) in [6.45, 7) is 2.83. The second-order valence-electron chi connectivity index (χ2n) is 7.43. The van der Waals surface area contributed by atoms with Crippen molar-refractivity contribution >= 4 is 21.8 Å². The number of terminal acetylenes is 1. The molecule has 168 valence electrons. The second kappa shape index (κ2) is 9.94. The Morgan fingerprint density at radius 1 is 1.03 bits per heavy atom. The highest BCUT2D eigenvalue weighted by Gasteiger charge is 2.29. The number of nitrogens with zero attached hydrogens (tertiary/aromatic N) is 3. The van der Waals surface area contributed by atoms with Crippen molar-refractivity contribution in [1.82, 2.24) is 14.1 Å². The molecule has 7 nitrogen and oxygen atoms in total. The molecule has 0 atom stereocenters. The molecule has 0 bridgehead atoms. The number of amides is 2. The van der Waals surface area contributed by atoms with E-state index >= 15 is 0 Å². The van der Waals surface area contributed by atoms with Crippen molar-refractivity contribution in [2.45, 2.75) is 18.4 Å². The molecule has 1 heterocycles. The zero-order chi connectivity index (χ0) is 23.3. The smallest absolute Gasteiger partial charge is 0.254 e. The topological polar surface area (TPSA) is 78.0 Å². The minimum Gasteiger partial charge on any atom is -0.340 e. The monoisotopic (exact) mass is 457 g/mol. The average Bonchev–Trinajstić information content (AvgIpc) is 2.80. The molecule has 0 spiro atoms. The fraction of sp³-hybridized carbons (Fsp3) is 0.304. The summed E-state index contributed by atoms with van der Waals surface area (Å²) in [5, 5.41) is 0. The van der Waals surface area contributed by atoms with Crippen LogP contribution in [0.15, 0.2) is 53.4 Å². The van der Waals surface area contributed by atoms with Gasteiger partial charge in [0, 0.05) is 45.2 Å². The van der Waals surface area contributed by atoms with Crippen LogP contribution in [0, 0.1) is 18.2 Å². The van der Waals surface area contributed by atoms with Crippen LogP contribution in [0.4, 0.5) is 4.39 Å². The Balaban J connectivity index is 1.73. The van der Waals surface area contributed by atoms with E-state index in [4.69, 9.17) is 6.42 Å². The number of hydrogen-bond acceptors (Lipinski definition) is 4. The van der Waals surface area contributed by atoms with Crippen molar-refractivity contribution in [3.63, 3.8) is 0 Å². The number of carbonyl (C=O) groups is 2. The first-order valence-corrected chi connectivity index (χ1v) is 11.5. The summed E-state index contributed by atoms with van der Waals surface area (Å²) in [7, 11) is -3.73. The highest BCUT2D eigenvalue weighted by Crippen LogP contribution is 2.19. The lowest BCUT2D eigenvalue weighted by molar-refractivity contribution is -0.129. The fourth-order valence-electron chi connectivity index (χ4n) is 3.46. The maximum atomic E-state index is 13.1. The molecule has 0 saturated carbocycles. The molecule has 3 rings (SSSR count). The number of halogens is 1. The van der Waals surface area contributed by atoms with Gasteiger partial charge < -0.3 is 9.80 Å². The van der Waals surface area contributed by atoms with Crippen LogP contribution in [-0.4, -0.2) is 67.1 Å². The molecule has 2 aromatic carbocycles. The van der Waals surface area contributed by atoms with Crippen molar-refractivity contribution in [2.75, 3.05) is 32.7 Å². The summed E-state index contributed by atoms with van der Waals surface area (Å²) >= 11 is 0. The van der Waals surface area contributed by atoms with Gasteiger partial charge in [0.1, 0.15) is 5.82 Å². The quantitative estimate of drug-likeness (QED) is 0.622. The van der Waals surface area contributed by atoms with Gasteiger partial charge in [-0.05, 0) is 42.0 Å². The minimum atomic E-state index is -3.73. The van der Waals surface area contributed by atoms with Crippen LogP contribution in [0.5, 0.6) is 0 Å². The number of benzene rings is 2. The molecule has 1 saturated heterocycles. The first-order chi connectivity index (χ1) is 15.2. The molecule has 0 unspecified atom stereocenters. The summed E-state index contributed by atoms with van der Waals surface area (Å²) in [5.74, 6) is 1.63. The molecule has 0 N–H and O–H groups in total. The van der Waals surface area contributed by atoms with E-state index in [0.29, 0.717) is 18.7 Å². The van der Waals surface area contributed by atoms with Crippen LogP contribution in [0.25, 0.3) is 0 Å². The molecule has 32 heavy (non-hydrogen) atoms. The zero-order valence-electron chi connectivity index (χ0n) is 17.7. The molecule has 1 fully saturated rings. The van der Waals surface area contributed by atoms with E-state index in [2.05, 4.69) is 5.92 Å². The summed E-state index contributed by atoms with van der Waals surface area (Å²) in [6, 6.07) is 11.5. The third-order valence-electron chi connectivity index (χ3n) is 5.28. The van der Waals surface area contributed by atoms with E-state index in [0.717, 1.165) is 5.56 Å². The van der Waals surface area contributed by atoms with Crippen LogP contribution in [-0.2, 0) is 21.4 Å². The number of carbonyl (C=O) groups excluding carboxylic acids is 2. The Labute approximate surface area is 187 Å². The molecular formula is C23H24FN3O4S. The minimum absolute atomic E-state index is 0.0523. The molecule has 9 heteroatoms. The molecule has 1 aliphatic rings. The van der Waals surface area contributed by atoms with Crippen molar-refractivity contribution in [3.05, 3.63) is 65.5 Å². The van der Waals surface area contributed by atoms with Gasteiger partial charge in [-0.3, -0.25) is 9.59 Å². The first kappa shape index (κ1) is 23.4. The molecule has 2 aromatic rings. The molecule has 1 aliphatic heterocycles. The summed E-state index contributed by atoms with van der Waals surface area (Å²) in [5.41, 5.74) is 1.02. The molecule has 2 amide bonds. The van der Waals surface area contributed by atoms with Gasteiger partial charge in [0.15, 0.2) is 0 Å². The Kier molecular flexibility index (Phi) is 7.28. The van der Waals surface area contributed by atoms with Gasteiger partial charge in [-0.15, -0.1) is 6.42 Å². The number of sulfonamides is 1. The van der Waals surface area contributed by atoms with E-state index in [9.17, 15) is 22.4 Å². The van der Waals surface area contributed by atoms with Crippen molar-refractivity contribution < 1.29 is 22.4 Å². The third-order valence-corrected chi connectivity index (χ3v) is 7.19. The Morgan fingerprint density at radius 3 is 2.16 bits per heavy atom. The summed E-state index contributed by atoms with van der Waals surface area (Å²) in [4.78, 5) is 27.5. The van der Waals surface area contributed by atoms with Crippen LogP contribution >= 0.6 is 0 Å². The highest BCUT2D eigenvalue weighted by atomic mass is 32.2. The number of hydrogen-bond donors (Lipinski definition) is 0. The molecule has 0 aliphatic carbocycles. The van der Waals surface area contributed by atoms with Gasteiger partial charge in [-0.25, -0.2) is 12.8 Å². The van der Waals surface area contributed by atoms with E-state index < -0.39 is 10.0 Å². The van der Waals surface area contributed by atoms with Crippen molar-refractivity contribution in [1.29, 1.82) is 0 Å². The fourth-order valence-corrected chi connectivity index (χ4v) is 4.89. The van der Waals surface area contributed by atoms with Gasteiger partial charge in [0.05, 0.1) is 11.4 Å². The van der Waals surface area contributed by atoms with Crippen LogP contribution in [0.1, 0.15) is 22.8 Å². The molecule has 0 aromatic heterocycles. The lowest BCUT2D eigenvalue weighted by Gasteiger charge is -2.33. The number of piperazine rings is 1. The summed E-state index contributed by atoms with van der Waals surface area (Å²) < 4.78 is 40.3. The van der Waals surface area contributed by atoms with Gasteiger partial charge in [0.25, 0.3) is 5.91 Å². The Morgan fingerprint density at radius 2 is 1.62 bits per heavy atom. The van der Waals surface area contributed by atoms with Crippen LogP contribution < -0.4 is 0 Å². The van der Waals surface area contributed by atoms with Gasteiger partial charge in [0.2, 0.25) is 15.9 Å². The van der Waals surface area contributed by atoms with Crippen molar-refractivity contribution in [3.8, 4) is 12.3 Å². The van der Waals surface area contributed by atoms with Gasteiger partial charge >= 0.3 is 0 Å². The Bertz CT molecular complexity index is 1120. The van der Waals surface area contributed by atoms with E-state index in [1.807, 2.05) is 0 Å². The van der Waals surface area contributed by atoms with Crippen molar-refractivity contribution in [2.24, 2.45) is 0 Å². The Hall–Kier alpha value is -3.22. The van der Waals surface area contributed by atoms with Crippen LogP contribution in [0.2, 0.25) is 0 Å². The lowest BCUT2D eigenvalue weighted by atomic mass is 10.1. The SMILES string of the molecule is C#CCN(Cc1ccc(F)cc1)C(=O)c1ccc(S(=O)(=O)N2CCN(C(C)=O)CC2)cc1. The predicted molar refractivity (Wildman–Crippen MR) is 117 cm³/mol. The van der Waals surface area contributed by atoms with E-state index in [1.54, 1.807) is 17.0 Å². The maximum absolute atomic E-state index is 13.1. The van der Waals surface area contributed by atoms with E-state index in [-0.39, 0.29) is 48.7 Å². The zero-order valence-corrected chi connectivity index (χ0v) is 18.5. The highest BCUT2D eigenvalue weighted by molar-refractivity contribution is 7.89. The normalized spacial score (nSPS) is 14.6. The maximum Gasteiger partial charge on any atom is 0.254 e. The summed E-state index contributed by atoms with van der Waals surface area (Å²) in [6.07, 6.45) is 5.40.